The molecule has 1 fully saturated rings. The molecule has 188 valence electrons. The molecule has 11 heteroatoms. The summed E-state index contributed by atoms with van der Waals surface area (Å²) in [4.78, 5) is 18.5. The molecule has 3 aromatic heterocycles. The number of morpholine rings is 1. The zero-order valence-electron chi connectivity index (χ0n) is 19.7. The number of aromatic nitrogens is 2. The van der Waals surface area contributed by atoms with E-state index in [-0.39, 0.29) is 23.6 Å². The van der Waals surface area contributed by atoms with Crippen molar-refractivity contribution in [2.75, 3.05) is 31.2 Å². The van der Waals surface area contributed by atoms with Crippen molar-refractivity contribution in [1.82, 2.24) is 10.1 Å². The summed E-state index contributed by atoms with van der Waals surface area (Å²) in [6.45, 7) is 4.77. The molecule has 37 heavy (non-hydrogen) atoms. The molecule has 4 heterocycles. The summed E-state index contributed by atoms with van der Waals surface area (Å²) >= 11 is 4.65. The number of hydrogen-bond acceptors (Lipinski definition) is 9. The van der Waals surface area contributed by atoms with E-state index in [1.807, 2.05) is 24.3 Å². The van der Waals surface area contributed by atoms with Crippen LogP contribution < -0.4 is 9.64 Å². The number of thiophene rings is 1. The Morgan fingerprint density at radius 3 is 2.68 bits per heavy atom. The van der Waals surface area contributed by atoms with Gasteiger partial charge in [0.05, 0.1) is 34.0 Å². The van der Waals surface area contributed by atoms with Crippen LogP contribution in [0.25, 0.3) is 22.6 Å². The lowest BCUT2D eigenvalue weighted by molar-refractivity contribution is 0.0694. The minimum Gasteiger partial charge on any atom is -0.478 e. The van der Waals surface area contributed by atoms with Crippen LogP contribution in [-0.2, 0) is 11.3 Å². The first kappa shape index (κ1) is 25.0. The Kier molecular flexibility index (Phi) is 7.23. The maximum absolute atomic E-state index is 11.6. The smallest absolute Gasteiger partial charge is 0.336 e. The van der Waals surface area contributed by atoms with Gasteiger partial charge in [0.15, 0.2) is 5.76 Å². The molecule has 0 saturated carbocycles. The molecule has 1 saturated heterocycles. The number of halogens is 1. The molecule has 1 aliphatic heterocycles. The number of aromatic carboxylic acids is 1. The first-order valence-corrected chi connectivity index (χ1v) is 13.1. The molecule has 4 aromatic rings. The molecule has 1 aromatic carbocycles. The van der Waals surface area contributed by atoms with Gasteiger partial charge in [-0.3, -0.25) is 0 Å². The quantitative estimate of drug-likeness (QED) is 0.301. The molecule has 0 amide bonds. The highest BCUT2D eigenvalue weighted by molar-refractivity contribution is 9.11. The van der Waals surface area contributed by atoms with Crippen molar-refractivity contribution in [3.05, 3.63) is 67.9 Å². The SMILES string of the molecule is Cc1cc(-c2cc(-c3ccc(N4CCOCC4)cc3)nc(OCc3c(C(=O)O)csc3Br)c2C#N)on1. The number of nitriles is 1. The summed E-state index contributed by atoms with van der Waals surface area (Å²) < 4.78 is 17.5. The number of carbonyl (C=O) groups is 1. The first-order valence-electron chi connectivity index (χ1n) is 11.4. The number of carboxylic acids is 1. The summed E-state index contributed by atoms with van der Waals surface area (Å²) in [5.41, 5.74) is 4.43. The molecule has 1 aliphatic rings. The van der Waals surface area contributed by atoms with E-state index in [2.05, 4.69) is 37.0 Å². The fourth-order valence-corrected chi connectivity index (χ4v) is 5.43. The van der Waals surface area contributed by atoms with Crippen LogP contribution in [0.3, 0.4) is 0 Å². The number of benzene rings is 1. The molecular weight excluding hydrogens is 560 g/mol. The highest BCUT2D eigenvalue weighted by Gasteiger charge is 2.22. The van der Waals surface area contributed by atoms with Crippen molar-refractivity contribution in [2.24, 2.45) is 0 Å². The Morgan fingerprint density at radius 1 is 1.27 bits per heavy atom. The molecule has 0 atom stereocenters. The third kappa shape index (κ3) is 5.22. The van der Waals surface area contributed by atoms with Gasteiger partial charge in [-0.05, 0) is 41.1 Å². The minimum absolute atomic E-state index is 0.0794. The number of ether oxygens (including phenoxy) is 2. The molecule has 0 radical (unpaired) electrons. The monoisotopic (exact) mass is 580 g/mol. The van der Waals surface area contributed by atoms with Gasteiger partial charge in [0.25, 0.3) is 0 Å². The molecule has 0 aliphatic carbocycles. The maximum atomic E-state index is 11.6. The average molecular weight is 581 g/mol. The molecule has 0 spiro atoms. The van der Waals surface area contributed by atoms with E-state index in [9.17, 15) is 15.2 Å². The van der Waals surface area contributed by atoms with Gasteiger partial charge >= 0.3 is 5.97 Å². The standard InChI is InChI=1S/C26H21BrN4O5S/c1-15-10-23(36-30-15)18-11-22(16-2-4-17(5-3-16)31-6-8-34-9-7-31)29-25(19(18)12-28)35-13-20-21(26(32)33)14-37-24(20)27/h2-5,10-11,14H,6-9,13H2,1H3,(H,32,33). The van der Waals surface area contributed by atoms with Crippen molar-refractivity contribution < 1.29 is 23.9 Å². The van der Waals surface area contributed by atoms with Gasteiger partial charge in [0, 0.05) is 46.9 Å². The summed E-state index contributed by atoms with van der Waals surface area (Å²) in [5, 5.41) is 25.0. The topological polar surface area (TPSA) is 122 Å². The normalized spacial score (nSPS) is 13.4. The largest absolute Gasteiger partial charge is 0.478 e. The third-order valence-electron chi connectivity index (χ3n) is 5.96. The first-order chi connectivity index (χ1) is 17.9. The number of anilines is 1. The Balaban J connectivity index is 1.54. The van der Waals surface area contributed by atoms with Gasteiger partial charge in [0.1, 0.15) is 18.2 Å². The van der Waals surface area contributed by atoms with Crippen LogP contribution >= 0.6 is 27.3 Å². The van der Waals surface area contributed by atoms with Crippen LogP contribution in [0.1, 0.15) is 27.2 Å². The van der Waals surface area contributed by atoms with Crippen LogP contribution in [0.5, 0.6) is 5.88 Å². The number of hydrogen-bond donors (Lipinski definition) is 1. The van der Waals surface area contributed by atoms with Crippen molar-refractivity contribution >= 4 is 38.9 Å². The van der Waals surface area contributed by atoms with E-state index < -0.39 is 5.97 Å². The lowest BCUT2D eigenvalue weighted by Crippen LogP contribution is -2.36. The van der Waals surface area contributed by atoms with E-state index in [0.717, 1.165) is 24.3 Å². The molecular formula is C26H21BrN4O5S. The summed E-state index contributed by atoms with van der Waals surface area (Å²) in [7, 11) is 0. The Morgan fingerprint density at radius 2 is 2.03 bits per heavy atom. The highest BCUT2D eigenvalue weighted by Crippen LogP contribution is 2.36. The van der Waals surface area contributed by atoms with Crippen LogP contribution in [0.15, 0.2) is 50.1 Å². The fourth-order valence-electron chi connectivity index (χ4n) is 4.04. The van der Waals surface area contributed by atoms with Crippen LogP contribution in [0.4, 0.5) is 5.69 Å². The van der Waals surface area contributed by atoms with Gasteiger partial charge in [-0.2, -0.15) is 5.26 Å². The van der Waals surface area contributed by atoms with Crippen LogP contribution in [0, 0.1) is 18.3 Å². The van der Waals surface area contributed by atoms with Gasteiger partial charge < -0.3 is 24.0 Å². The number of rotatable bonds is 7. The zero-order valence-corrected chi connectivity index (χ0v) is 22.1. The molecule has 0 unspecified atom stereocenters. The number of nitrogens with zero attached hydrogens (tertiary/aromatic N) is 4. The van der Waals surface area contributed by atoms with Crippen molar-refractivity contribution in [1.29, 1.82) is 5.26 Å². The predicted molar refractivity (Wildman–Crippen MR) is 141 cm³/mol. The van der Waals surface area contributed by atoms with E-state index in [0.29, 0.717) is 45.3 Å². The van der Waals surface area contributed by atoms with E-state index in [1.165, 1.54) is 11.3 Å². The molecule has 5 rings (SSSR count). The maximum Gasteiger partial charge on any atom is 0.336 e. The average Bonchev–Trinajstić information content (AvgIpc) is 3.52. The number of carboxylic acid groups (broad SMARTS) is 1. The third-order valence-corrected chi connectivity index (χ3v) is 7.80. The Bertz CT molecular complexity index is 1490. The molecule has 0 bridgehead atoms. The molecule has 1 N–H and O–H groups in total. The number of aryl methyl sites for hydroxylation is 1. The lowest BCUT2D eigenvalue weighted by Gasteiger charge is -2.28. The Labute approximate surface area is 225 Å². The minimum atomic E-state index is -1.05. The van der Waals surface area contributed by atoms with Crippen LogP contribution in [0.2, 0.25) is 0 Å². The Hall–Kier alpha value is -3.72. The predicted octanol–water partition coefficient (Wildman–Crippen LogP) is 5.52. The van der Waals surface area contributed by atoms with Gasteiger partial charge in [0.2, 0.25) is 5.88 Å². The lowest BCUT2D eigenvalue weighted by atomic mass is 10.0. The van der Waals surface area contributed by atoms with Crippen molar-refractivity contribution in [2.45, 2.75) is 13.5 Å². The van der Waals surface area contributed by atoms with Crippen LogP contribution in [-0.4, -0.2) is 47.5 Å². The second-order valence-electron chi connectivity index (χ2n) is 8.32. The summed E-state index contributed by atoms with van der Waals surface area (Å²) in [6.07, 6.45) is 0. The summed E-state index contributed by atoms with van der Waals surface area (Å²) in [6, 6.07) is 13.7. The highest BCUT2D eigenvalue weighted by atomic mass is 79.9. The van der Waals surface area contributed by atoms with Gasteiger partial charge in [-0.15, -0.1) is 11.3 Å². The zero-order chi connectivity index (χ0) is 25.9. The van der Waals surface area contributed by atoms with Gasteiger partial charge in [-0.1, -0.05) is 17.3 Å². The van der Waals surface area contributed by atoms with Gasteiger partial charge in [-0.25, -0.2) is 9.78 Å². The fraction of sp³-hybridized carbons (Fsp3) is 0.231. The second kappa shape index (κ2) is 10.7. The van der Waals surface area contributed by atoms with E-state index >= 15 is 0 Å². The van der Waals surface area contributed by atoms with E-state index in [4.69, 9.17) is 14.0 Å². The second-order valence-corrected chi connectivity index (χ2v) is 10.5. The van der Waals surface area contributed by atoms with Crippen molar-refractivity contribution in [3.8, 4) is 34.5 Å². The van der Waals surface area contributed by atoms with Crippen molar-refractivity contribution in [3.63, 3.8) is 0 Å². The van der Waals surface area contributed by atoms with E-state index in [1.54, 1.807) is 24.4 Å². The number of pyridine rings is 1. The summed E-state index contributed by atoms with van der Waals surface area (Å²) in [5.74, 6) is -0.563. The molecule has 9 nitrogen and oxygen atoms in total.